The van der Waals surface area contributed by atoms with E-state index in [1.807, 2.05) is 12.3 Å². The second-order valence-electron chi connectivity index (χ2n) is 7.95. The van der Waals surface area contributed by atoms with Crippen LogP contribution in [0.2, 0.25) is 0 Å². The van der Waals surface area contributed by atoms with Crippen molar-refractivity contribution in [3.63, 3.8) is 0 Å². The lowest BCUT2D eigenvalue weighted by Crippen LogP contribution is -2.41. The zero-order valence-electron chi connectivity index (χ0n) is 14.9. The average molecular weight is 316 g/mol. The monoisotopic (exact) mass is 316 g/mol. The molecule has 0 spiro atoms. The second-order valence-corrected chi connectivity index (χ2v) is 7.95. The van der Waals surface area contributed by atoms with Crippen LogP contribution in [0.4, 0.5) is 5.82 Å². The van der Waals surface area contributed by atoms with Crippen LogP contribution >= 0.6 is 0 Å². The third-order valence-electron chi connectivity index (χ3n) is 5.61. The number of hydrogen-bond acceptors (Lipinski definition) is 4. The first-order valence-electron chi connectivity index (χ1n) is 8.93. The molecule has 1 aromatic heterocycles. The van der Waals surface area contributed by atoms with E-state index in [0.717, 1.165) is 23.7 Å². The van der Waals surface area contributed by atoms with E-state index >= 15 is 0 Å². The average Bonchev–Trinajstić information content (AvgIpc) is 2.75. The summed E-state index contributed by atoms with van der Waals surface area (Å²) < 4.78 is 12.1. The van der Waals surface area contributed by atoms with Crippen molar-refractivity contribution in [2.24, 2.45) is 5.92 Å². The summed E-state index contributed by atoms with van der Waals surface area (Å²) in [4.78, 5) is 4.53. The molecular weight excluding hydrogens is 287 g/mol. The van der Waals surface area contributed by atoms with E-state index < -0.39 is 0 Å². The zero-order valence-corrected chi connectivity index (χ0v) is 14.9. The highest BCUT2D eigenvalue weighted by molar-refractivity contribution is 6.62. The molecule has 0 unspecified atom stereocenters. The molecule has 23 heavy (non-hydrogen) atoms. The lowest BCUT2D eigenvalue weighted by atomic mass is 9.80. The summed E-state index contributed by atoms with van der Waals surface area (Å²) in [6, 6.07) is 4.08. The molecule has 2 fully saturated rings. The van der Waals surface area contributed by atoms with Gasteiger partial charge >= 0.3 is 7.12 Å². The van der Waals surface area contributed by atoms with Crippen LogP contribution in [0.1, 0.15) is 59.8 Å². The molecule has 0 aromatic carbocycles. The van der Waals surface area contributed by atoms with Gasteiger partial charge in [0.15, 0.2) is 0 Å². The summed E-state index contributed by atoms with van der Waals surface area (Å²) >= 11 is 0. The second kappa shape index (κ2) is 6.44. The number of nitrogens with zero attached hydrogens (tertiary/aromatic N) is 1. The highest BCUT2D eigenvalue weighted by atomic mass is 16.7. The van der Waals surface area contributed by atoms with Crippen molar-refractivity contribution in [2.45, 2.75) is 71.0 Å². The van der Waals surface area contributed by atoms with Crippen molar-refractivity contribution in [2.75, 3.05) is 11.9 Å². The molecule has 0 radical (unpaired) electrons. The third-order valence-corrected chi connectivity index (χ3v) is 5.61. The van der Waals surface area contributed by atoms with Crippen molar-refractivity contribution in [1.29, 1.82) is 0 Å². The molecule has 3 rings (SSSR count). The van der Waals surface area contributed by atoms with Gasteiger partial charge in [-0.25, -0.2) is 4.98 Å². The van der Waals surface area contributed by atoms with Crippen LogP contribution in [0, 0.1) is 5.92 Å². The molecule has 0 bridgehead atoms. The quantitative estimate of drug-likeness (QED) is 0.865. The number of aromatic nitrogens is 1. The molecule has 126 valence electrons. The van der Waals surface area contributed by atoms with Crippen LogP contribution in [0.3, 0.4) is 0 Å². The molecule has 1 N–H and O–H groups in total. The topological polar surface area (TPSA) is 43.4 Å². The molecule has 2 heterocycles. The highest BCUT2D eigenvalue weighted by Crippen LogP contribution is 2.36. The Morgan fingerprint density at radius 3 is 2.30 bits per heavy atom. The predicted molar refractivity (Wildman–Crippen MR) is 95.0 cm³/mol. The number of anilines is 1. The fourth-order valence-electron chi connectivity index (χ4n) is 3.27. The highest BCUT2D eigenvalue weighted by Gasteiger charge is 2.51. The summed E-state index contributed by atoms with van der Waals surface area (Å²) in [5, 5.41) is 3.47. The van der Waals surface area contributed by atoms with Gasteiger partial charge in [0.05, 0.1) is 11.2 Å². The lowest BCUT2D eigenvalue weighted by molar-refractivity contribution is 0.00578. The van der Waals surface area contributed by atoms with Gasteiger partial charge in [-0.2, -0.15) is 0 Å². The van der Waals surface area contributed by atoms with Crippen LogP contribution in [-0.2, 0) is 9.31 Å². The first kappa shape index (κ1) is 16.8. The Morgan fingerprint density at radius 2 is 1.74 bits per heavy atom. The Balaban J connectivity index is 1.57. The van der Waals surface area contributed by atoms with Crippen molar-refractivity contribution >= 4 is 18.4 Å². The van der Waals surface area contributed by atoms with Crippen LogP contribution < -0.4 is 10.8 Å². The molecule has 1 saturated heterocycles. The normalized spacial score (nSPS) is 23.9. The fraction of sp³-hybridized carbons (Fsp3) is 0.722. The minimum Gasteiger partial charge on any atom is -0.399 e. The van der Waals surface area contributed by atoms with Gasteiger partial charge in [-0.05, 0) is 52.5 Å². The van der Waals surface area contributed by atoms with Crippen LogP contribution in [0.25, 0.3) is 0 Å². The van der Waals surface area contributed by atoms with Gasteiger partial charge in [0.2, 0.25) is 0 Å². The van der Waals surface area contributed by atoms with Gasteiger partial charge in [0.1, 0.15) is 5.82 Å². The van der Waals surface area contributed by atoms with Crippen molar-refractivity contribution in [3.05, 3.63) is 18.3 Å². The van der Waals surface area contributed by atoms with Gasteiger partial charge in [0, 0.05) is 18.2 Å². The molecule has 0 atom stereocenters. The smallest absolute Gasteiger partial charge is 0.399 e. The molecule has 0 amide bonds. The minimum absolute atomic E-state index is 0.310. The Bertz CT molecular complexity index is 508. The molecule has 2 aliphatic rings. The molecular formula is C18H29BN2O2. The van der Waals surface area contributed by atoms with E-state index in [1.165, 1.54) is 32.1 Å². The van der Waals surface area contributed by atoms with Crippen molar-refractivity contribution in [3.8, 4) is 0 Å². The van der Waals surface area contributed by atoms with Gasteiger partial charge < -0.3 is 14.6 Å². The Morgan fingerprint density at radius 1 is 1.09 bits per heavy atom. The Labute approximate surface area is 140 Å². The van der Waals surface area contributed by atoms with Gasteiger partial charge in [0.25, 0.3) is 0 Å². The van der Waals surface area contributed by atoms with Crippen molar-refractivity contribution in [1.82, 2.24) is 4.98 Å². The Hall–Kier alpha value is -1.07. The standard InChI is InChI=1S/C18H29BN2O2/c1-17(2)18(3,4)23-19(22-17)15-10-11-16(21-13-15)20-12-14-8-6-5-7-9-14/h10-11,13-14H,5-9,12H2,1-4H3,(H,20,21). The maximum Gasteiger partial charge on any atom is 0.496 e. The number of pyridine rings is 1. The van der Waals surface area contributed by atoms with Crippen LogP contribution in [0.5, 0.6) is 0 Å². The number of rotatable bonds is 4. The maximum absolute atomic E-state index is 6.06. The third kappa shape index (κ3) is 3.72. The van der Waals surface area contributed by atoms with Gasteiger partial charge in [-0.1, -0.05) is 25.3 Å². The summed E-state index contributed by atoms with van der Waals surface area (Å²) in [6.07, 6.45) is 8.71. The predicted octanol–water partition coefficient (Wildman–Crippen LogP) is 3.37. The SMILES string of the molecule is CC1(C)OB(c2ccc(NCC3CCCCC3)nc2)OC1(C)C. The first-order chi connectivity index (χ1) is 10.9. The van der Waals surface area contributed by atoms with E-state index in [0.29, 0.717) is 0 Å². The van der Waals surface area contributed by atoms with E-state index in [4.69, 9.17) is 9.31 Å². The summed E-state index contributed by atoms with van der Waals surface area (Å²) in [7, 11) is -0.333. The van der Waals surface area contributed by atoms with Crippen LogP contribution in [-0.4, -0.2) is 29.8 Å². The Kier molecular flexibility index (Phi) is 4.70. The number of nitrogens with one attached hydrogen (secondary N) is 1. The fourth-order valence-corrected chi connectivity index (χ4v) is 3.27. The number of hydrogen-bond donors (Lipinski definition) is 1. The van der Waals surface area contributed by atoms with E-state index in [9.17, 15) is 0 Å². The molecule has 1 aliphatic heterocycles. The largest absolute Gasteiger partial charge is 0.496 e. The minimum atomic E-state index is -0.333. The van der Waals surface area contributed by atoms with E-state index in [-0.39, 0.29) is 18.3 Å². The summed E-state index contributed by atoms with van der Waals surface area (Å²) in [5.74, 6) is 1.74. The first-order valence-corrected chi connectivity index (χ1v) is 8.93. The lowest BCUT2D eigenvalue weighted by Gasteiger charge is -2.32. The van der Waals surface area contributed by atoms with Gasteiger partial charge in [-0.3, -0.25) is 0 Å². The zero-order chi connectivity index (χ0) is 16.5. The van der Waals surface area contributed by atoms with E-state index in [1.54, 1.807) is 0 Å². The summed E-state index contributed by atoms with van der Waals surface area (Å²) in [5.41, 5.74) is 0.359. The van der Waals surface area contributed by atoms with E-state index in [2.05, 4.69) is 44.1 Å². The van der Waals surface area contributed by atoms with Crippen molar-refractivity contribution < 1.29 is 9.31 Å². The maximum atomic E-state index is 6.06. The molecule has 1 saturated carbocycles. The van der Waals surface area contributed by atoms with Gasteiger partial charge in [-0.15, -0.1) is 0 Å². The molecule has 4 nitrogen and oxygen atoms in total. The molecule has 1 aromatic rings. The summed E-state index contributed by atoms with van der Waals surface area (Å²) in [6.45, 7) is 9.31. The van der Waals surface area contributed by atoms with Crippen LogP contribution in [0.15, 0.2) is 18.3 Å². The molecule has 5 heteroatoms. The molecule has 1 aliphatic carbocycles.